The molecule has 0 aromatic heterocycles. The molecule has 0 spiro atoms. The van der Waals surface area contributed by atoms with Crippen LogP contribution in [0.5, 0.6) is 5.75 Å². The smallest absolute Gasteiger partial charge is 0.270 e. The maximum atomic E-state index is 10.8. The van der Waals surface area contributed by atoms with Gasteiger partial charge in [0.2, 0.25) is 0 Å². The van der Waals surface area contributed by atoms with Gasteiger partial charge in [-0.15, -0.1) is 0 Å². The molecule has 0 amide bonds. The Balaban J connectivity index is 2.25. The van der Waals surface area contributed by atoms with Gasteiger partial charge in [0.1, 0.15) is 11.8 Å². The van der Waals surface area contributed by atoms with E-state index in [-0.39, 0.29) is 17.3 Å². The minimum Gasteiger partial charge on any atom is -0.496 e. The average molecular weight is 340 g/mol. The van der Waals surface area contributed by atoms with Gasteiger partial charge in [0, 0.05) is 24.2 Å². The molecular weight excluding hydrogens is 320 g/mol. The molecule has 0 radical (unpaired) electrons. The molecule has 0 aliphatic carbocycles. The van der Waals surface area contributed by atoms with Gasteiger partial charge in [-0.1, -0.05) is 18.2 Å². The van der Waals surface area contributed by atoms with E-state index in [1.54, 1.807) is 13.2 Å². The number of methoxy groups -OCH3 is 1. The molecule has 0 unspecified atom stereocenters. The second-order valence-corrected chi connectivity index (χ2v) is 5.70. The molecule has 7 heteroatoms. The van der Waals surface area contributed by atoms with E-state index < -0.39 is 4.92 Å². The van der Waals surface area contributed by atoms with Gasteiger partial charge >= 0.3 is 0 Å². The molecule has 1 atom stereocenters. The number of nitro benzene ring substituents is 1. The SMILES string of the molecule is COc1ccccc1[C@@H](CNc1ccc([N+](=O)[O-])cc1C#N)N(C)C. The molecule has 7 nitrogen and oxygen atoms in total. The molecule has 25 heavy (non-hydrogen) atoms. The van der Waals surface area contributed by atoms with Crippen LogP contribution in [0, 0.1) is 21.4 Å². The summed E-state index contributed by atoms with van der Waals surface area (Å²) in [5, 5.41) is 23.3. The van der Waals surface area contributed by atoms with Gasteiger partial charge < -0.3 is 15.0 Å². The van der Waals surface area contributed by atoms with E-state index in [4.69, 9.17) is 4.74 Å². The quantitative estimate of drug-likeness (QED) is 0.615. The summed E-state index contributed by atoms with van der Waals surface area (Å²) in [5.74, 6) is 0.784. The standard InChI is InChI=1S/C18H20N4O3/c1-21(2)17(15-6-4-5-7-18(15)25-3)12-20-16-9-8-14(22(23)24)10-13(16)11-19/h4-10,17,20H,12H2,1-3H3/t17-/m1/s1. The van der Waals surface area contributed by atoms with Gasteiger partial charge in [-0.3, -0.25) is 10.1 Å². The normalized spacial score (nSPS) is 11.6. The lowest BCUT2D eigenvalue weighted by Gasteiger charge is -2.27. The van der Waals surface area contributed by atoms with Gasteiger partial charge in [0.25, 0.3) is 5.69 Å². The van der Waals surface area contributed by atoms with Crippen LogP contribution in [0.1, 0.15) is 17.2 Å². The van der Waals surface area contributed by atoms with Crippen molar-refractivity contribution in [3.63, 3.8) is 0 Å². The summed E-state index contributed by atoms with van der Waals surface area (Å²) in [6.07, 6.45) is 0. The summed E-state index contributed by atoms with van der Waals surface area (Å²) in [6.45, 7) is 0.514. The predicted molar refractivity (Wildman–Crippen MR) is 95.7 cm³/mol. The molecule has 2 aromatic rings. The number of para-hydroxylation sites is 1. The lowest BCUT2D eigenvalue weighted by molar-refractivity contribution is -0.384. The van der Waals surface area contributed by atoms with Crippen molar-refractivity contribution >= 4 is 11.4 Å². The second kappa shape index (κ2) is 8.13. The molecule has 0 saturated heterocycles. The third-order valence-corrected chi connectivity index (χ3v) is 3.94. The largest absolute Gasteiger partial charge is 0.496 e. The summed E-state index contributed by atoms with van der Waals surface area (Å²) in [6, 6.07) is 14.0. The Bertz CT molecular complexity index is 799. The fourth-order valence-electron chi connectivity index (χ4n) is 2.61. The van der Waals surface area contributed by atoms with Crippen LogP contribution in [0.25, 0.3) is 0 Å². The fraction of sp³-hybridized carbons (Fsp3) is 0.278. The first-order chi connectivity index (χ1) is 12.0. The van der Waals surface area contributed by atoms with Crippen LogP contribution >= 0.6 is 0 Å². The van der Waals surface area contributed by atoms with Gasteiger partial charge in [-0.25, -0.2) is 0 Å². The van der Waals surface area contributed by atoms with Crippen molar-refractivity contribution in [3.8, 4) is 11.8 Å². The maximum absolute atomic E-state index is 10.8. The molecule has 0 saturated carbocycles. The van der Waals surface area contributed by atoms with Crippen molar-refractivity contribution in [1.29, 1.82) is 5.26 Å². The highest BCUT2D eigenvalue weighted by atomic mass is 16.6. The topological polar surface area (TPSA) is 91.4 Å². The summed E-state index contributed by atoms with van der Waals surface area (Å²) in [4.78, 5) is 12.4. The Kier molecular flexibility index (Phi) is 5.93. The van der Waals surface area contributed by atoms with E-state index in [9.17, 15) is 15.4 Å². The maximum Gasteiger partial charge on any atom is 0.270 e. The minimum atomic E-state index is -0.512. The van der Waals surface area contributed by atoms with Crippen molar-refractivity contribution in [2.24, 2.45) is 0 Å². The molecule has 0 aliphatic heterocycles. The Hall–Kier alpha value is -3.11. The van der Waals surface area contributed by atoms with Crippen molar-refractivity contribution in [2.75, 3.05) is 33.1 Å². The number of nitriles is 1. The highest BCUT2D eigenvalue weighted by molar-refractivity contribution is 5.61. The molecule has 2 aromatic carbocycles. The van der Waals surface area contributed by atoms with Crippen LogP contribution in [0.4, 0.5) is 11.4 Å². The molecule has 2 rings (SSSR count). The van der Waals surface area contributed by atoms with Gasteiger partial charge in [-0.05, 0) is 26.2 Å². The first-order valence-electron chi connectivity index (χ1n) is 7.69. The van der Waals surface area contributed by atoms with Gasteiger partial charge in [0.15, 0.2) is 0 Å². The van der Waals surface area contributed by atoms with Gasteiger partial charge in [-0.2, -0.15) is 5.26 Å². The molecule has 1 N–H and O–H groups in total. The third kappa shape index (κ3) is 4.25. The fourth-order valence-corrected chi connectivity index (χ4v) is 2.61. The van der Waals surface area contributed by atoms with Crippen LogP contribution < -0.4 is 10.1 Å². The number of anilines is 1. The highest BCUT2D eigenvalue weighted by Crippen LogP contribution is 2.29. The summed E-state index contributed by atoms with van der Waals surface area (Å²) in [5.41, 5.74) is 1.72. The Morgan fingerprint density at radius 3 is 2.64 bits per heavy atom. The van der Waals surface area contributed by atoms with E-state index in [2.05, 4.69) is 5.32 Å². The van der Waals surface area contributed by atoms with Crippen molar-refractivity contribution in [2.45, 2.75) is 6.04 Å². The lowest BCUT2D eigenvalue weighted by atomic mass is 10.0. The molecule has 0 heterocycles. The lowest BCUT2D eigenvalue weighted by Crippen LogP contribution is -2.27. The van der Waals surface area contributed by atoms with E-state index in [1.807, 2.05) is 49.3 Å². The Labute approximate surface area is 146 Å². The molecule has 0 fully saturated rings. The van der Waals surface area contributed by atoms with E-state index >= 15 is 0 Å². The van der Waals surface area contributed by atoms with E-state index in [1.165, 1.54) is 12.1 Å². The zero-order valence-electron chi connectivity index (χ0n) is 14.4. The van der Waals surface area contributed by atoms with Crippen LogP contribution in [0.2, 0.25) is 0 Å². The zero-order valence-corrected chi connectivity index (χ0v) is 14.4. The average Bonchev–Trinajstić information content (AvgIpc) is 2.61. The Morgan fingerprint density at radius 2 is 2.04 bits per heavy atom. The number of non-ortho nitro benzene ring substituents is 1. The zero-order chi connectivity index (χ0) is 18.4. The number of nitrogens with one attached hydrogen (secondary N) is 1. The van der Waals surface area contributed by atoms with Crippen LogP contribution in [0.15, 0.2) is 42.5 Å². The first-order valence-corrected chi connectivity index (χ1v) is 7.69. The number of hydrogen-bond acceptors (Lipinski definition) is 6. The number of hydrogen-bond donors (Lipinski definition) is 1. The van der Waals surface area contributed by atoms with Crippen molar-refractivity contribution in [1.82, 2.24) is 4.90 Å². The number of likely N-dealkylation sites (N-methyl/N-ethyl adjacent to an activating group) is 1. The molecular formula is C18H20N4O3. The van der Waals surface area contributed by atoms with Crippen LogP contribution in [0.3, 0.4) is 0 Å². The number of rotatable bonds is 7. The third-order valence-electron chi connectivity index (χ3n) is 3.94. The number of ether oxygens (including phenoxy) is 1. The van der Waals surface area contributed by atoms with E-state index in [0.717, 1.165) is 11.3 Å². The highest BCUT2D eigenvalue weighted by Gasteiger charge is 2.19. The monoisotopic (exact) mass is 340 g/mol. The minimum absolute atomic E-state index is 0.00196. The number of nitrogens with zero attached hydrogens (tertiary/aromatic N) is 3. The molecule has 0 aliphatic rings. The van der Waals surface area contributed by atoms with Crippen molar-refractivity contribution in [3.05, 3.63) is 63.7 Å². The second-order valence-electron chi connectivity index (χ2n) is 5.70. The molecule has 130 valence electrons. The van der Waals surface area contributed by atoms with Crippen molar-refractivity contribution < 1.29 is 9.66 Å². The predicted octanol–water partition coefficient (Wildman–Crippen LogP) is 3.19. The number of nitro groups is 1. The Morgan fingerprint density at radius 1 is 1.32 bits per heavy atom. The summed E-state index contributed by atoms with van der Waals surface area (Å²) >= 11 is 0. The number of benzene rings is 2. The summed E-state index contributed by atoms with van der Waals surface area (Å²) in [7, 11) is 5.54. The van der Waals surface area contributed by atoms with Crippen LogP contribution in [-0.2, 0) is 0 Å². The molecule has 0 bridgehead atoms. The summed E-state index contributed by atoms with van der Waals surface area (Å²) < 4.78 is 5.43. The van der Waals surface area contributed by atoms with Gasteiger partial charge in [0.05, 0.1) is 29.3 Å². The van der Waals surface area contributed by atoms with Crippen LogP contribution in [-0.4, -0.2) is 37.6 Å². The first kappa shape index (κ1) is 18.2. The van der Waals surface area contributed by atoms with E-state index in [0.29, 0.717) is 12.2 Å².